The summed E-state index contributed by atoms with van der Waals surface area (Å²) >= 11 is 0. The highest BCUT2D eigenvalue weighted by atomic mass is 15.1. The van der Waals surface area contributed by atoms with Crippen LogP contribution in [-0.4, -0.2) is 20.6 Å². The van der Waals surface area contributed by atoms with Gasteiger partial charge < -0.3 is 10.2 Å². The molecule has 0 saturated carbocycles. The minimum Gasteiger partial charge on any atom is -0.387 e. The summed E-state index contributed by atoms with van der Waals surface area (Å²) in [5.74, 6) is 0. The zero-order valence-electron chi connectivity index (χ0n) is 9.12. The molecular formula is C13H15N2. The van der Waals surface area contributed by atoms with Crippen molar-refractivity contribution in [3.8, 4) is 0 Å². The van der Waals surface area contributed by atoms with E-state index in [1.54, 1.807) is 0 Å². The van der Waals surface area contributed by atoms with Gasteiger partial charge in [0.15, 0.2) is 0 Å². The fraction of sp³-hybridized carbons (Fsp3) is 0.231. The van der Waals surface area contributed by atoms with Crippen LogP contribution in [0.25, 0.3) is 5.57 Å². The maximum absolute atomic E-state index is 3.24. The van der Waals surface area contributed by atoms with E-state index in [9.17, 15) is 0 Å². The fourth-order valence-electron chi connectivity index (χ4n) is 1.53. The molecule has 0 bridgehead atoms. The van der Waals surface area contributed by atoms with Crippen molar-refractivity contribution >= 4 is 11.3 Å². The van der Waals surface area contributed by atoms with Crippen molar-refractivity contribution in [3.05, 3.63) is 48.2 Å². The van der Waals surface area contributed by atoms with Gasteiger partial charge in [0.2, 0.25) is 0 Å². The lowest BCUT2D eigenvalue weighted by molar-refractivity contribution is 0.972. The molecule has 0 unspecified atom stereocenters. The van der Waals surface area contributed by atoms with Crippen LogP contribution in [0.3, 0.4) is 0 Å². The highest BCUT2D eigenvalue weighted by Gasteiger charge is 2.01. The summed E-state index contributed by atoms with van der Waals surface area (Å²) in [5.41, 5.74) is 3.53. The van der Waals surface area contributed by atoms with Gasteiger partial charge in [-0.3, -0.25) is 0 Å². The molecule has 0 aromatic heterocycles. The van der Waals surface area contributed by atoms with Gasteiger partial charge in [-0.2, -0.15) is 0 Å². The van der Waals surface area contributed by atoms with Gasteiger partial charge in [-0.05, 0) is 23.8 Å². The number of benzene rings is 1. The van der Waals surface area contributed by atoms with Crippen molar-refractivity contribution < 1.29 is 0 Å². The number of anilines is 1. The lowest BCUT2D eigenvalue weighted by Crippen LogP contribution is -2.10. The number of nitrogens with zero attached hydrogens (tertiary/aromatic N) is 1. The van der Waals surface area contributed by atoms with Gasteiger partial charge in [0.25, 0.3) is 0 Å². The molecule has 1 aromatic rings. The van der Waals surface area contributed by atoms with E-state index in [4.69, 9.17) is 0 Å². The zero-order valence-corrected chi connectivity index (χ0v) is 9.12. The molecule has 2 rings (SSSR count). The summed E-state index contributed by atoms with van der Waals surface area (Å²) < 4.78 is 0. The normalized spacial score (nSPS) is 14.4. The minimum absolute atomic E-state index is 0.874. The van der Waals surface area contributed by atoms with Crippen molar-refractivity contribution in [1.29, 1.82) is 0 Å². The van der Waals surface area contributed by atoms with Crippen LogP contribution in [-0.2, 0) is 0 Å². The van der Waals surface area contributed by atoms with E-state index in [-0.39, 0.29) is 0 Å². The lowest BCUT2D eigenvalue weighted by Gasteiger charge is -2.13. The number of hydrogen-bond acceptors (Lipinski definition) is 2. The Morgan fingerprint density at radius 2 is 1.93 bits per heavy atom. The van der Waals surface area contributed by atoms with Crippen LogP contribution in [0, 0.1) is 6.08 Å². The van der Waals surface area contributed by atoms with E-state index >= 15 is 0 Å². The van der Waals surface area contributed by atoms with E-state index in [1.165, 1.54) is 11.3 Å². The molecule has 15 heavy (non-hydrogen) atoms. The van der Waals surface area contributed by atoms with E-state index < -0.39 is 0 Å². The molecule has 1 aliphatic heterocycles. The van der Waals surface area contributed by atoms with Gasteiger partial charge in [0.1, 0.15) is 0 Å². The molecule has 0 atom stereocenters. The molecule has 0 spiro atoms. The van der Waals surface area contributed by atoms with Gasteiger partial charge in [-0.25, -0.2) is 0 Å². The summed E-state index contributed by atoms with van der Waals surface area (Å²) in [6.07, 6.45) is 7.26. The largest absolute Gasteiger partial charge is 0.387 e. The van der Waals surface area contributed by atoms with Gasteiger partial charge in [0.05, 0.1) is 0 Å². The summed E-state index contributed by atoms with van der Waals surface area (Å²) in [6.45, 7) is 0.874. The van der Waals surface area contributed by atoms with Gasteiger partial charge in [-0.15, -0.1) is 0 Å². The van der Waals surface area contributed by atoms with Crippen LogP contribution in [0.4, 0.5) is 5.69 Å². The summed E-state index contributed by atoms with van der Waals surface area (Å²) in [6, 6.07) is 8.48. The Morgan fingerprint density at radius 1 is 1.20 bits per heavy atom. The molecule has 0 fully saturated rings. The standard InChI is InChI=1S/C13H15N2/c1-15(2)13-7-5-11(6-8-13)12-4-3-9-14-10-12/h3,5-8,10,14H,9H2,1-2H3. The molecule has 0 saturated heterocycles. The Morgan fingerprint density at radius 3 is 2.47 bits per heavy atom. The summed E-state index contributed by atoms with van der Waals surface area (Å²) in [4.78, 5) is 2.09. The molecular weight excluding hydrogens is 184 g/mol. The van der Waals surface area contributed by atoms with Crippen LogP contribution >= 0.6 is 0 Å². The van der Waals surface area contributed by atoms with Crippen molar-refractivity contribution in [2.24, 2.45) is 0 Å². The molecule has 1 heterocycles. The fourth-order valence-corrected chi connectivity index (χ4v) is 1.53. The maximum atomic E-state index is 3.24. The second-order valence-corrected chi connectivity index (χ2v) is 3.76. The molecule has 1 aromatic carbocycles. The van der Waals surface area contributed by atoms with Crippen LogP contribution < -0.4 is 10.2 Å². The summed E-state index contributed by atoms with van der Waals surface area (Å²) in [5, 5.41) is 3.18. The SMILES string of the molecule is CN(C)c1ccc(C2=CNCC=[C]2)cc1. The molecule has 2 heteroatoms. The number of allylic oxidation sites excluding steroid dienone is 2. The van der Waals surface area contributed by atoms with E-state index in [0.717, 1.165) is 12.1 Å². The first-order chi connectivity index (χ1) is 7.27. The van der Waals surface area contributed by atoms with Crippen LogP contribution in [0.15, 0.2) is 36.5 Å². The first-order valence-corrected chi connectivity index (χ1v) is 5.07. The predicted octanol–water partition coefficient (Wildman–Crippen LogP) is 2.06. The van der Waals surface area contributed by atoms with Gasteiger partial charge >= 0.3 is 0 Å². The van der Waals surface area contributed by atoms with Crippen LogP contribution in [0.2, 0.25) is 0 Å². The molecule has 1 N–H and O–H groups in total. The maximum Gasteiger partial charge on any atom is 0.0361 e. The third kappa shape index (κ3) is 2.21. The van der Waals surface area contributed by atoms with Crippen molar-refractivity contribution in [1.82, 2.24) is 5.32 Å². The van der Waals surface area contributed by atoms with E-state index in [0.29, 0.717) is 0 Å². The molecule has 2 nitrogen and oxygen atoms in total. The van der Waals surface area contributed by atoms with Crippen LogP contribution in [0.1, 0.15) is 5.56 Å². The molecule has 0 amide bonds. The highest BCUT2D eigenvalue weighted by Crippen LogP contribution is 2.19. The molecule has 0 aliphatic carbocycles. The smallest absolute Gasteiger partial charge is 0.0361 e. The Balaban J connectivity index is 2.23. The number of rotatable bonds is 2. The Bertz CT molecular complexity index is 386. The first kappa shape index (κ1) is 9.84. The lowest BCUT2D eigenvalue weighted by atomic mass is 10.0. The van der Waals surface area contributed by atoms with E-state index in [2.05, 4.69) is 40.6 Å². The van der Waals surface area contributed by atoms with Crippen LogP contribution in [0.5, 0.6) is 0 Å². The zero-order chi connectivity index (χ0) is 10.7. The Labute approximate surface area is 90.9 Å². The second kappa shape index (κ2) is 4.22. The molecule has 1 aliphatic rings. The number of dihydropyridines is 1. The van der Waals surface area contributed by atoms with Gasteiger partial charge in [0, 0.05) is 38.1 Å². The average molecular weight is 199 g/mol. The average Bonchev–Trinajstić information content (AvgIpc) is 2.30. The monoisotopic (exact) mass is 199 g/mol. The van der Waals surface area contributed by atoms with Gasteiger partial charge in [-0.1, -0.05) is 18.2 Å². The van der Waals surface area contributed by atoms with E-state index in [1.807, 2.05) is 26.4 Å². The molecule has 77 valence electrons. The highest BCUT2D eigenvalue weighted by molar-refractivity contribution is 5.72. The Kier molecular flexibility index (Phi) is 2.77. The minimum atomic E-state index is 0.874. The first-order valence-electron chi connectivity index (χ1n) is 5.07. The topological polar surface area (TPSA) is 15.3 Å². The Hall–Kier alpha value is -1.70. The van der Waals surface area contributed by atoms with Crippen molar-refractivity contribution in [2.45, 2.75) is 0 Å². The number of nitrogens with one attached hydrogen (secondary N) is 1. The van der Waals surface area contributed by atoms with Crippen molar-refractivity contribution in [2.75, 3.05) is 25.5 Å². The quantitative estimate of drug-likeness (QED) is 0.784. The summed E-state index contributed by atoms with van der Waals surface area (Å²) in [7, 11) is 4.09. The molecule has 1 radical (unpaired) electrons. The van der Waals surface area contributed by atoms with Crippen molar-refractivity contribution in [3.63, 3.8) is 0 Å². The third-order valence-electron chi connectivity index (χ3n) is 2.42. The number of hydrogen-bond donors (Lipinski definition) is 1. The second-order valence-electron chi connectivity index (χ2n) is 3.76. The predicted molar refractivity (Wildman–Crippen MR) is 64.6 cm³/mol. The third-order valence-corrected chi connectivity index (χ3v) is 2.42.